The molecular formula is C12H20N4O3S. The lowest BCUT2D eigenvalue weighted by molar-refractivity contribution is -0.140. The van der Waals surface area contributed by atoms with Gasteiger partial charge in [-0.25, -0.2) is 0 Å². The molecule has 2 N–H and O–H groups in total. The first-order valence-corrected chi connectivity index (χ1v) is 7.23. The Morgan fingerprint density at radius 1 is 1.40 bits per heavy atom. The Labute approximate surface area is 122 Å². The van der Waals surface area contributed by atoms with E-state index in [-0.39, 0.29) is 17.8 Å². The number of anilines is 1. The van der Waals surface area contributed by atoms with Crippen molar-refractivity contribution in [2.75, 3.05) is 26.0 Å². The van der Waals surface area contributed by atoms with Crippen LogP contribution in [0.5, 0.6) is 0 Å². The van der Waals surface area contributed by atoms with E-state index in [1.807, 2.05) is 6.92 Å². The predicted octanol–water partition coefficient (Wildman–Crippen LogP) is 0.828. The van der Waals surface area contributed by atoms with Crippen LogP contribution in [0.25, 0.3) is 0 Å². The SMILES string of the molecule is CNCC(C)C(=O)Nc1nnc(CCCC(=O)OC)s1. The highest BCUT2D eigenvalue weighted by Crippen LogP contribution is 2.17. The molecule has 0 aliphatic rings. The lowest BCUT2D eigenvalue weighted by Gasteiger charge is -2.08. The zero-order valence-electron chi connectivity index (χ0n) is 11.9. The van der Waals surface area contributed by atoms with Crippen molar-refractivity contribution < 1.29 is 14.3 Å². The van der Waals surface area contributed by atoms with Gasteiger partial charge in [0.1, 0.15) is 5.01 Å². The number of ether oxygens (including phenoxy) is 1. The first kappa shape index (κ1) is 16.5. The molecule has 1 atom stereocenters. The zero-order chi connectivity index (χ0) is 15.0. The number of carbonyl (C=O) groups excluding carboxylic acids is 2. The quantitative estimate of drug-likeness (QED) is 0.691. The van der Waals surface area contributed by atoms with Crippen molar-refractivity contribution in [2.24, 2.45) is 5.92 Å². The number of aromatic nitrogens is 2. The molecule has 0 aliphatic heterocycles. The Morgan fingerprint density at radius 2 is 2.15 bits per heavy atom. The summed E-state index contributed by atoms with van der Waals surface area (Å²) in [6.07, 6.45) is 1.66. The van der Waals surface area contributed by atoms with E-state index >= 15 is 0 Å². The van der Waals surface area contributed by atoms with E-state index in [1.165, 1.54) is 18.4 Å². The van der Waals surface area contributed by atoms with Gasteiger partial charge in [0, 0.05) is 25.3 Å². The Kier molecular flexibility index (Phi) is 7.10. The minimum Gasteiger partial charge on any atom is -0.469 e. The molecule has 7 nitrogen and oxygen atoms in total. The van der Waals surface area contributed by atoms with E-state index < -0.39 is 0 Å². The summed E-state index contributed by atoms with van der Waals surface area (Å²) in [5.74, 6) is -0.452. The highest BCUT2D eigenvalue weighted by molar-refractivity contribution is 7.15. The lowest BCUT2D eigenvalue weighted by Crippen LogP contribution is -2.28. The van der Waals surface area contributed by atoms with Crippen LogP contribution in [-0.2, 0) is 20.7 Å². The molecule has 1 aromatic heterocycles. The Bertz CT molecular complexity index is 450. The highest BCUT2D eigenvalue weighted by atomic mass is 32.1. The van der Waals surface area contributed by atoms with Gasteiger partial charge in [-0.2, -0.15) is 0 Å². The van der Waals surface area contributed by atoms with Crippen LogP contribution in [0.3, 0.4) is 0 Å². The molecule has 1 heterocycles. The number of aryl methyl sites for hydroxylation is 1. The maximum atomic E-state index is 11.8. The molecule has 0 radical (unpaired) electrons. The third-order valence-electron chi connectivity index (χ3n) is 2.65. The highest BCUT2D eigenvalue weighted by Gasteiger charge is 2.14. The van der Waals surface area contributed by atoms with Crippen molar-refractivity contribution >= 4 is 28.3 Å². The van der Waals surface area contributed by atoms with Crippen LogP contribution >= 0.6 is 11.3 Å². The molecule has 0 fully saturated rings. The van der Waals surface area contributed by atoms with Crippen LogP contribution < -0.4 is 10.6 Å². The van der Waals surface area contributed by atoms with E-state index in [0.29, 0.717) is 30.9 Å². The molecule has 8 heteroatoms. The minimum absolute atomic E-state index is 0.0865. The van der Waals surface area contributed by atoms with Crippen LogP contribution in [0, 0.1) is 5.92 Å². The van der Waals surface area contributed by atoms with Crippen molar-refractivity contribution in [1.82, 2.24) is 15.5 Å². The fourth-order valence-corrected chi connectivity index (χ4v) is 2.30. The molecule has 112 valence electrons. The largest absolute Gasteiger partial charge is 0.469 e. The summed E-state index contributed by atoms with van der Waals surface area (Å²) in [4.78, 5) is 22.8. The molecule has 0 spiro atoms. The molecule has 0 saturated carbocycles. The summed E-state index contributed by atoms with van der Waals surface area (Å²) in [5, 5.41) is 14.9. The Hall–Kier alpha value is -1.54. The summed E-state index contributed by atoms with van der Waals surface area (Å²) >= 11 is 1.33. The van der Waals surface area contributed by atoms with Crippen LogP contribution in [0.15, 0.2) is 0 Å². The second-order valence-electron chi connectivity index (χ2n) is 4.38. The van der Waals surface area contributed by atoms with Gasteiger partial charge in [-0.1, -0.05) is 18.3 Å². The van der Waals surface area contributed by atoms with Crippen LogP contribution in [0.4, 0.5) is 5.13 Å². The second kappa shape index (κ2) is 8.60. The zero-order valence-corrected chi connectivity index (χ0v) is 12.7. The van der Waals surface area contributed by atoms with E-state index in [1.54, 1.807) is 7.05 Å². The maximum Gasteiger partial charge on any atom is 0.305 e. The Balaban J connectivity index is 2.39. The van der Waals surface area contributed by atoms with Gasteiger partial charge in [-0.15, -0.1) is 10.2 Å². The molecule has 20 heavy (non-hydrogen) atoms. The number of rotatable bonds is 8. The summed E-state index contributed by atoms with van der Waals surface area (Å²) < 4.78 is 4.56. The van der Waals surface area contributed by atoms with Gasteiger partial charge in [0.05, 0.1) is 7.11 Å². The average molecular weight is 300 g/mol. The molecule has 0 saturated heterocycles. The standard InChI is InChI=1S/C12H20N4O3S/c1-8(7-13-2)11(18)14-12-16-15-9(20-12)5-4-6-10(17)19-3/h8,13H,4-7H2,1-3H3,(H,14,16,18). The number of nitrogens with zero attached hydrogens (tertiary/aromatic N) is 2. The van der Waals surface area contributed by atoms with Crippen LogP contribution in [-0.4, -0.2) is 42.8 Å². The van der Waals surface area contributed by atoms with E-state index in [9.17, 15) is 9.59 Å². The van der Waals surface area contributed by atoms with Crippen molar-refractivity contribution in [3.8, 4) is 0 Å². The molecular weight excluding hydrogens is 280 g/mol. The lowest BCUT2D eigenvalue weighted by atomic mass is 10.2. The first-order chi connectivity index (χ1) is 9.56. The third kappa shape index (κ3) is 5.62. The van der Waals surface area contributed by atoms with Gasteiger partial charge >= 0.3 is 5.97 Å². The third-order valence-corrected chi connectivity index (χ3v) is 3.55. The topological polar surface area (TPSA) is 93.2 Å². The van der Waals surface area contributed by atoms with Gasteiger partial charge in [-0.3, -0.25) is 9.59 Å². The minimum atomic E-state index is -0.232. The predicted molar refractivity (Wildman–Crippen MR) is 76.6 cm³/mol. The number of carbonyl (C=O) groups is 2. The number of methoxy groups -OCH3 is 1. The number of hydrogen-bond donors (Lipinski definition) is 2. The van der Waals surface area contributed by atoms with Crippen LogP contribution in [0.2, 0.25) is 0 Å². The van der Waals surface area contributed by atoms with Gasteiger partial charge in [0.15, 0.2) is 0 Å². The van der Waals surface area contributed by atoms with Gasteiger partial charge in [-0.05, 0) is 13.5 Å². The summed E-state index contributed by atoms with van der Waals surface area (Å²) in [6.45, 7) is 2.45. The van der Waals surface area contributed by atoms with E-state index in [2.05, 4.69) is 25.6 Å². The molecule has 0 aromatic carbocycles. The second-order valence-corrected chi connectivity index (χ2v) is 5.44. The fourth-order valence-electron chi connectivity index (χ4n) is 1.52. The molecule has 1 rings (SSSR count). The Morgan fingerprint density at radius 3 is 2.80 bits per heavy atom. The molecule has 0 aliphatic carbocycles. The molecule has 0 bridgehead atoms. The van der Waals surface area contributed by atoms with Gasteiger partial charge < -0.3 is 15.4 Å². The molecule has 1 aromatic rings. The number of nitrogens with one attached hydrogen (secondary N) is 2. The number of amides is 1. The summed E-state index contributed by atoms with van der Waals surface area (Å²) in [7, 11) is 3.17. The summed E-state index contributed by atoms with van der Waals surface area (Å²) in [5.41, 5.74) is 0. The number of esters is 1. The van der Waals surface area contributed by atoms with Gasteiger partial charge in [0.25, 0.3) is 0 Å². The summed E-state index contributed by atoms with van der Waals surface area (Å²) in [6, 6.07) is 0. The first-order valence-electron chi connectivity index (χ1n) is 6.41. The molecule has 1 amide bonds. The smallest absolute Gasteiger partial charge is 0.305 e. The molecule has 1 unspecified atom stereocenters. The van der Waals surface area contributed by atoms with Crippen molar-refractivity contribution in [3.63, 3.8) is 0 Å². The fraction of sp³-hybridized carbons (Fsp3) is 0.667. The van der Waals surface area contributed by atoms with Gasteiger partial charge in [0.2, 0.25) is 11.0 Å². The van der Waals surface area contributed by atoms with Crippen molar-refractivity contribution in [3.05, 3.63) is 5.01 Å². The average Bonchev–Trinajstić information content (AvgIpc) is 2.86. The van der Waals surface area contributed by atoms with Crippen LogP contribution in [0.1, 0.15) is 24.8 Å². The van der Waals surface area contributed by atoms with E-state index in [0.717, 1.165) is 5.01 Å². The normalized spacial score (nSPS) is 11.9. The monoisotopic (exact) mass is 300 g/mol. The van der Waals surface area contributed by atoms with E-state index in [4.69, 9.17) is 0 Å². The maximum absolute atomic E-state index is 11.8. The van der Waals surface area contributed by atoms with Crippen molar-refractivity contribution in [1.29, 1.82) is 0 Å². The number of hydrogen-bond acceptors (Lipinski definition) is 7. The van der Waals surface area contributed by atoms with Crippen molar-refractivity contribution in [2.45, 2.75) is 26.2 Å².